The smallest absolute Gasteiger partial charge is 0.320 e. The maximum atomic E-state index is 13.7. The number of alkyl halides is 12. The number of hydrogen-bond donors (Lipinski definition) is 1. The first-order chi connectivity index (χ1) is 13.7. The number of aryl methyl sites for hydroxylation is 1. The van der Waals surface area contributed by atoms with Crippen molar-refractivity contribution < 1.29 is 62.4 Å². The molecule has 1 N–H and O–H groups in total. The fourth-order valence-electron chi connectivity index (χ4n) is 1.98. The van der Waals surface area contributed by atoms with Crippen LogP contribution in [0.15, 0.2) is 18.2 Å². The first-order valence-corrected chi connectivity index (χ1v) is 7.40. The van der Waals surface area contributed by atoms with E-state index in [0.717, 1.165) is 18.3 Å². The van der Waals surface area contributed by atoms with Crippen LogP contribution in [0, 0.1) is 17.0 Å². The van der Waals surface area contributed by atoms with Crippen molar-refractivity contribution in [3.8, 4) is 0 Å². The Labute approximate surface area is 163 Å². The summed E-state index contributed by atoms with van der Waals surface area (Å²) in [5.41, 5.74) is -2.08. The monoisotopic (exact) mass is 480 g/mol. The quantitative estimate of drug-likeness (QED) is 0.313. The highest BCUT2D eigenvalue weighted by molar-refractivity contribution is 5.97. The third kappa shape index (κ3) is 3.96. The van der Waals surface area contributed by atoms with Crippen LogP contribution >= 0.6 is 0 Å². The molecule has 0 aliphatic rings. The van der Waals surface area contributed by atoms with Crippen LogP contribution in [0.4, 0.5) is 64.1 Å². The van der Waals surface area contributed by atoms with Crippen LogP contribution < -0.4 is 5.32 Å². The molecule has 5 nitrogen and oxygen atoms in total. The number of halogens is 12. The molecule has 0 radical (unpaired) electrons. The Bertz CT molecular complexity index is 872. The summed E-state index contributed by atoms with van der Waals surface area (Å²) in [6.07, 6.45) is -5.67. The largest absolute Gasteiger partial charge is 0.393 e. The van der Waals surface area contributed by atoms with Crippen molar-refractivity contribution in [1.29, 1.82) is 0 Å². The van der Waals surface area contributed by atoms with Crippen LogP contribution in [-0.4, -0.2) is 46.9 Å². The Balaban J connectivity index is 3.39. The Morgan fingerprint density at radius 3 is 1.84 bits per heavy atom. The normalized spacial score (nSPS) is 14.0. The second-order valence-electron chi connectivity index (χ2n) is 5.93. The third-order valence-corrected chi connectivity index (χ3v) is 3.82. The molecule has 0 spiro atoms. The minimum Gasteiger partial charge on any atom is -0.320 e. The lowest BCUT2D eigenvalue weighted by Crippen LogP contribution is -2.70. The number of carbonyl (C=O) groups excluding carboxylic acids is 1. The van der Waals surface area contributed by atoms with E-state index in [1.807, 2.05) is 0 Å². The molecule has 31 heavy (non-hydrogen) atoms. The van der Waals surface area contributed by atoms with Gasteiger partial charge >= 0.3 is 41.9 Å². The summed E-state index contributed by atoms with van der Waals surface area (Å²) in [6, 6.07) is 1.68. The summed E-state index contributed by atoms with van der Waals surface area (Å²) in [6.45, 7) is 1.11. The fourth-order valence-corrected chi connectivity index (χ4v) is 1.98. The predicted molar refractivity (Wildman–Crippen MR) is 77.2 cm³/mol. The lowest BCUT2D eigenvalue weighted by molar-refractivity contribution is -0.406. The van der Waals surface area contributed by atoms with Crippen molar-refractivity contribution in [2.24, 2.45) is 0 Å². The molecule has 1 rings (SSSR count). The highest BCUT2D eigenvalue weighted by Crippen LogP contribution is 2.58. The van der Waals surface area contributed by atoms with Gasteiger partial charge in [-0.05, 0) is 13.0 Å². The van der Waals surface area contributed by atoms with Crippen LogP contribution in [0.1, 0.15) is 5.56 Å². The molecule has 1 aromatic rings. The lowest BCUT2D eigenvalue weighted by atomic mass is 9.94. The minimum atomic E-state index is -7.86. The molecule has 0 saturated heterocycles. The molecule has 0 bridgehead atoms. The number of nitro groups is 1. The van der Waals surface area contributed by atoms with Crippen molar-refractivity contribution in [3.63, 3.8) is 0 Å². The Morgan fingerprint density at radius 2 is 1.42 bits per heavy atom. The number of hydrogen-bond acceptors (Lipinski definition) is 3. The number of nitrogens with one attached hydrogen (secondary N) is 1. The molecule has 0 fully saturated rings. The first-order valence-electron chi connectivity index (χ1n) is 7.40. The average Bonchev–Trinajstić information content (AvgIpc) is 2.61. The molecule has 0 heterocycles. The highest BCUT2D eigenvalue weighted by atomic mass is 19.4. The van der Waals surface area contributed by atoms with Gasteiger partial charge < -0.3 is 5.32 Å². The van der Waals surface area contributed by atoms with Gasteiger partial charge in [-0.3, -0.25) is 14.9 Å². The molecular formula is C14H8F12N2O3. The summed E-state index contributed by atoms with van der Waals surface area (Å²) in [5.74, 6) is -40.7. The van der Waals surface area contributed by atoms with E-state index in [2.05, 4.69) is 0 Å². The Hall–Kier alpha value is -2.75. The zero-order chi connectivity index (χ0) is 24.8. The Kier molecular flexibility index (Phi) is 6.56. The maximum absolute atomic E-state index is 13.7. The van der Waals surface area contributed by atoms with E-state index in [0.29, 0.717) is 12.1 Å². The first kappa shape index (κ1) is 26.3. The van der Waals surface area contributed by atoms with Crippen molar-refractivity contribution in [2.45, 2.75) is 43.0 Å². The number of nitrogens with zero attached hydrogens (tertiary/aromatic N) is 1. The number of nitro benzene ring substituents is 1. The van der Waals surface area contributed by atoms with Crippen molar-refractivity contribution >= 4 is 17.3 Å². The number of carbonyl (C=O) groups is 1. The molecule has 0 aliphatic heterocycles. The van der Waals surface area contributed by atoms with Crippen LogP contribution in [0.3, 0.4) is 0 Å². The van der Waals surface area contributed by atoms with E-state index in [-0.39, 0.29) is 5.56 Å². The van der Waals surface area contributed by atoms with E-state index >= 15 is 0 Å². The zero-order valence-corrected chi connectivity index (χ0v) is 14.5. The van der Waals surface area contributed by atoms with Crippen molar-refractivity contribution in [1.82, 2.24) is 0 Å². The van der Waals surface area contributed by atoms with Gasteiger partial charge in [0.05, 0.1) is 4.92 Å². The van der Waals surface area contributed by atoms with E-state index in [1.54, 1.807) is 0 Å². The van der Waals surface area contributed by atoms with Gasteiger partial charge in [0.15, 0.2) is 0 Å². The standard InChI is InChI=1S/C14H8F12N2O3/c1-5-2-3-6(4-7(5)28(30)31)27-9(29)11(19,20)13(23,24)14(25,26)12(21,22)10(17,18)8(15)16/h2-4,8H,1H3,(H,27,29). The maximum Gasteiger partial charge on any atom is 0.393 e. The van der Waals surface area contributed by atoms with Gasteiger partial charge in [0.2, 0.25) is 0 Å². The summed E-state index contributed by atoms with van der Waals surface area (Å²) in [4.78, 5) is 21.0. The highest BCUT2D eigenvalue weighted by Gasteiger charge is 2.89. The second kappa shape index (κ2) is 7.74. The summed E-state index contributed by atoms with van der Waals surface area (Å²) >= 11 is 0. The zero-order valence-electron chi connectivity index (χ0n) is 14.5. The van der Waals surface area contributed by atoms with Crippen molar-refractivity contribution in [3.05, 3.63) is 33.9 Å². The predicted octanol–water partition coefficient (Wildman–Crippen LogP) is 5.28. The van der Waals surface area contributed by atoms with Gasteiger partial charge in [-0.1, -0.05) is 6.07 Å². The molecule has 0 aliphatic carbocycles. The molecule has 0 aromatic heterocycles. The number of rotatable bonds is 8. The van der Waals surface area contributed by atoms with Gasteiger partial charge in [-0.2, -0.15) is 43.9 Å². The summed E-state index contributed by atoms with van der Waals surface area (Å²) in [5, 5.41) is 11.5. The van der Waals surface area contributed by atoms with Gasteiger partial charge in [0, 0.05) is 17.3 Å². The number of amides is 1. The van der Waals surface area contributed by atoms with Crippen LogP contribution in [0.5, 0.6) is 0 Å². The Morgan fingerprint density at radius 1 is 0.935 bits per heavy atom. The van der Waals surface area contributed by atoms with Crippen LogP contribution in [0.2, 0.25) is 0 Å². The molecule has 1 amide bonds. The second-order valence-corrected chi connectivity index (χ2v) is 5.93. The molecule has 0 atom stereocenters. The topological polar surface area (TPSA) is 72.2 Å². The number of benzene rings is 1. The fraction of sp³-hybridized carbons (Fsp3) is 0.500. The van der Waals surface area contributed by atoms with E-state index in [9.17, 15) is 67.6 Å². The molecule has 1 aromatic carbocycles. The van der Waals surface area contributed by atoms with E-state index in [1.165, 1.54) is 0 Å². The van der Waals surface area contributed by atoms with Crippen LogP contribution in [0.25, 0.3) is 0 Å². The SMILES string of the molecule is Cc1ccc(NC(=O)C(F)(F)C(F)(F)C(F)(F)C(F)(F)C(F)(F)C(F)F)cc1[N+](=O)[O-]. The summed E-state index contributed by atoms with van der Waals surface area (Å²) in [7, 11) is 0. The van der Waals surface area contributed by atoms with Crippen LogP contribution in [-0.2, 0) is 4.79 Å². The lowest BCUT2D eigenvalue weighted by Gasteiger charge is -2.38. The van der Waals surface area contributed by atoms with Crippen molar-refractivity contribution in [2.75, 3.05) is 5.32 Å². The van der Waals surface area contributed by atoms with Gasteiger partial charge in [-0.25, -0.2) is 8.78 Å². The number of anilines is 1. The van der Waals surface area contributed by atoms with Gasteiger partial charge in [0.1, 0.15) is 0 Å². The third-order valence-electron chi connectivity index (χ3n) is 3.82. The van der Waals surface area contributed by atoms with E-state index in [4.69, 9.17) is 0 Å². The van der Waals surface area contributed by atoms with Gasteiger partial charge in [0.25, 0.3) is 5.69 Å². The molecule has 17 heteroatoms. The average molecular weight is 480 g/mol. The molecule has 176 valence electrons. The molecule has 0 unspecified atom stereocenters. The molecule has 0 saturated carbocycles. The van der Waals surface area contributed by atoms with Gasteiger partial charge in [-0.15, -0.1) is 0 Å². The molecular weight excluding hydrogens is 472 g/mol. The van der Waals surface area contributed by atoms with E-state index < -0.39 is 58.2 Å². The summed E-state index contributed by atoms with van der Waals surface area (Å²) < 4.78 is 157. The minimum absolute atomic E-state index is 0.138.